The highest BCUT2D eigenvalue weighted by molar-refractivity contribution is 6.03. The Morgan fingerprint density at radius 1 is 1.04 bits per heavy atom. The third kappa shape index (κ3) is 8.41. The Morgan fingerprint density at radius 3 is 2.27 bits per heavy atom. The number of amides is 2. The lowest BCUT2D eigenvalue weighted by molar-refractivity contribution is -0.140. The van der Waals surface area contributed by atoms with Crippen molar-refractivity contribution in [3.63, 3.8) is 0 Å². The summed E-state index contributed by atoms with van der Waals surface area (Å²) in [6.45, 7) is 10.8. The maximum Gasteiger partial charge on any atom is 0.233 e. The summed E-state index contributed by atoms with van der Waals surface area (Å²) in [5.74, 6) is 0.355. The van der Waals surface area contributed by atoms with Crippen LogP contribution in [0.1, 0.15) is 59.8 Å². The van der Waals surface area contributed by atoms with Crippen molar-refractivity contribution in [3.8, 4) is 0 Å². The van der Waals surface area contributed by atoms with E-state index in [1.165, 1.54) is 4.90 Å². The SMILES string of the molecule is CC(C)CCOCCOCCCC(=O)CCN1C(=O)CC(C(C)C)C1=O. The molecule has 0 aliphatic carbocycles. The molecule has 1 rings (SSSR count). The van der Waals surface area contributed by atoms with Crippen LogP contribution in [0.4, 0.5) is 0 Å². The molecule has 0 radical (unpaired) electrons. The van der Waals surface area contributed by atoms with Crippen molar-refractivity contribution in [1.82, 2.24) is 4.90 Å². The number of ether oxygens (including phenoxy) is 2. The van der Waals surface area contributed by atoms with Gasteiger partial charge in [0.2, 0.25) is 11.8 Å². The molecule has 0 spiro atoms. The van der Waals surface area contributed by atoms with Crippen molar-refractivity contribution in [2.45, 2.75) is 59.8 Å². The van der Waals surface area contributed by atoms with Gasteiger partial charge in [-0.15, -0.1) is 0 Å². The number of nitrogens with zero attached hydrogens (tertiary/aromatic N) is 1. The number of likely N-dealkylation sites (tertiary alicyclic amines) is 1. The van der Waals surface area contributed by atoms with Crippen LogP contribution in [0.15, 0.2) is 0 Å². The molecule has 0 aromatic carbocycles. The Labute approximate surface area is 157 Å². The zero-order valence-corrected chi connectivity index (χ0v) is 16.8. The fourth-order valence-corrected chi connectivity index (χ4v) is 2.84. The molecule has 0 bridgehead atoms. The molecular formula is C20H35NO5. The third-order valence-electron chi connectivity index (χ3n) is 4.65. The quantitative estimate of drug-likeness (QED) is 0.348. The summed E-state index contributed by atoms with van der Waals surface area (Å²) in [6, 6.07) is 0. The highest BCUT2D eigenvalue weighted by Crippen LogP contribution is 2.26. The first-order chi connectivity index (χ1) is 12.3. The van der Waals surface area contributed by atoms with E-state index in [2.05, 4.69) is 13.8 Å². The Hall–Kier alpha value is -1.27. The summed E-state index contributed by atoms with van der Waals surface area (Å²) in [5.41, 5.74) is 0. The largest absolute Gasteiger partial charge is 0.379 e. The molecule has 1 unspecified atom stereocenters. The molecule has 6 nitrogen and oxygen atoms in total. The fourth-order valence-electron chi connectivity index (χ4n) is 2.84. The molecule has 0 N–H and O–H groups in total. The lowest BCUT2D eigenvalue weighted by atomic mass is 9.94. The van der Waals surface area contributed by atoms with Gasteiger partial charge in [0.05, 0.1) is 13.2 Å². The van der Waals surface area contributed by atoms with Gasteiger partial charge in [0.1, 0.15) is 5.78 Å². The van der Waals surface area contributed by atoms with Gasteiger partial charge in [0.25, 0.3) is 0 Å². The zero-order valence-electron chi connectivity index (χ0n) is 16.8. The Morgan fingerprint density at radius 2 is 1.69 bits per heavy atom. The normalized spacial score (nSPS) is 17.8. The van der Waals surface area contributed by atoms with Gasteiger partial charge in [-0.2, -0.15) is 0 Å². The maximum absolute atomic E-state index is 12.2. The number of rotatable bonds is 14. The molecule has 0 saturated carbocycles. The van der Waals surface area contributed by atoms with E-state index >= 15 is 0 Å². The predicted molar refractivity (Wildman–Crippen MR) is 99.6 cm³/mol. The summed E-state index contributed by atoms with van der Waals surface area (Å²) in [5, 5.41) is 0. The van der Waals surface area contributed by atoms with Crippen LogP contribution in [0, 0.1) is 17.8 Å². The zero-order chi connectivity index (χ0) is 19.5. The first-order valence-electron chi connectivity index (χ1n) is 9.84. The van der Waals surface area contributed by atoms with Crippen LogP contribution < -0.4 is 0 Å². The molecule has 1 aliphatic rings. The van der Waals surface area contributed by atoms with E-state index in [0.29, 0.717) is 38.6 Å². The Kier molecular flexibility index (Phi) is 10.7. The van der Waals surface area contributed by atoms with Crippen molar-refractivity contribution in [3.05, 3.63) is 0 Å². The number of hydrogen-bond acceptors (Lipinski definition) is 5. The molecule has 1 aliphatic heterocycles. The smallest absolute Gasteiger partial charge is 0.233 e. The monoisotopic (exact) mass is 369 g/mol. The number of ketones is 1. The first kappa shape index (κ1) is 22.8. The number of Topliss-reactive ketones (excluding diaryl/α,β-unsaturated/α-hetero) is 1. The predicted octanol–water partition coefficient (Wildman–Crippen LogP) is 2.84. The van der Waals surface area contributed by atoms with E-state index in [1.54, 1.807) is 0 Å². The number of hydrogen-bond donors (Lipinski definition) is 0. The molecule has 26 heavy (non-hydrogen) atoms. The molecule has 0 aromatic rings. The highest BCUT2D eigenvalue weighted by atomic mass is 16.5. The van der Waals surface area contributed by atoms with E-state index in [0.717, 1.165) is 13.0 Å². The lowest BCUT2D eigenvalue weighted by Crippen LogP contribution is -2.33. The van der Waals surface area contributed by atoms with Gasteiger partial charge in [-0.3, -0.25) is 19.3 Å². The third-order valence-corrected chi connectivity index (χ3v) is 4.65. The van der Waals surface area contributed by atoms with Crippen LogP contribution in [0.3, 0.4) is 0 Å². The van der Waals surface area contributed by atoms with Crippen molar-refractivity contribution in [2.24, 2.45) is 17.8 Å². The van der Waals surface area contributed by atoms with E-state index < -0.39 is 0 Å². The summed E-state index contributed by atoms with van der Waals surface area (Å²) in [4.78, 5) is 37.3. The molecule has 1 saturated heterocycles. The number of imide groups is 1. The van der Waals surface area contributed by atoms with Crippen LogP contribution in [-0.2, 0) is 23.9 Å². The van der Waals surface area contributed by atoms with E-state index in [9.17, 15) is 14.4 Å². The molecule has 2 amide bonds. The topological polar surface area (TPSA) is 72.9 Å². The van der Waals surface area contributed by atoms with Gasteiger partial charge in [0.15, 0.2) is 0 Å². The lowest BCUT2D eigenvalue weighted by Gasteiger charge is -2.15. The molecule has 6 heteroatoms. The van der Waals surface area contributed by atoms with Crippen LogP contribution in [0.5, 0.6) is 0 Å². The average Bonchev–Trinajstić information content (AvgIpc) is 2.85. The fraction of sp³-hybridized carbons (Fsp3) is 0.850. The van der Waals surface area contributed by atoms with Gasteiger partial charge in [-0.25, -0.2) is 0 Å². The first-order valence-corrected chi connectivity index (χ1v) is 9.84. The number of carbonyl (C=O) groups is 3. The van der Waals surface area contributed by atoms with E-state index in [1.807, 2.05) is 13.8 Å². The van der Waals surface area contributed by atoms with Gasteiger partial charge >= 0.3 is 0 Å². The molecular weight excluding hydrogens is 334 g/mol. The highest BCUT2D eigenvalue weighted by Gasteiger charge is 2.39. The van der Waals surface area contributed by atoms with Crippen molar-refractivity contribution in [1.29, 1.82) is 0 Å². The molecule has 1 atom stereocenters. The minimum absolute atomic E-state index is 0.0652. The van der Waals surface area contributed by atoms with E-state index in [-0.39, 0.29) is 48.8 Å². The second-order valence-electron chi connectivity index (χ2n) is 7.74. The Balaban J connectivity index is 2.05. The van der Waals surface area contributed by atoms with Gasteiger partial charge in [-0.05, 0) is 24.7 Å². The second kappa shape index (κ2) is 12.2. The van der Waals surface area contributed by atoms with Gasteiger partial charge < -0.3 is 9.47 Å². The molecule has 0 aromatic heterocycles. The summed E-state index contributed by atoms with van der Waals surface area (Å²) in [7, 11) is 0. The Bertz CT molecular complexity index is 461. The summed E-state index contributed by atoms with van der Waals surface area (Å²) < 4.78 is 10.9. The van der Waals surface area contributed by atoms with Crippen LogP contribution in [-0.4, -0.2) is 55.5 Å². The number of carbonyl (C=O) groups excluding carboxylic acids is 3. The second-order valence-corrected chi connectivity index (χ2v) is 7.74. The minimum Gasteiger partial charge on any atom is -0.379 e. The van der Waals surface area contributed by atoms with E-state index in [4.69, 9.17) is 9.47 Å². The minimum atomic E-state index is -0.228. The standard InChI is InChI=1S/C20H35NO5/c1-15(2)8-11-26-13-12-25-10-5-6-17(22)7-9-21-19(23)14-18(16(3)4)20(21)24/h15-16,18H,5-14H2,1-4H3. The van der Waals surface area contributed by atoms with Crippen molar-refractivity contribution < 1.29 is 23.9 Å². The summed E-state index contributed by atoms with van der Waals surface area (Å²) >= 11 is 0. The van der Waals surface area contributed by atoms with Crippen LogP contribution in [0.2, 0.25) is 0 Å². The summed E-state index contributed by atoms with van der Waals surface area (Å²) in [6.07, 6.45) is 2.63. The van der Waals surface area contributed by atoms with Crippen LogP contribution in [0.25, 0.3) is 0 Å². The van der Waals surface area contributed by atoms with Crippen molar-refractivity contribution in [2.75, 3.05) is 33.0 Å². The molecule has 1 heterocycles. The average molecular weight is 370 g/mol. The van der Waals surface area contributed by atoms with Crippen LogP contribution >= 0.6 is 0 Å². The van der Waals surface area contributed by atoms with Crippen molar-refractivity contribution >= 4 is 17.6 Å². The van der Waals surface area contributed by atoms with Gasteiger partial charge in [-0.1, -0.05) is 27.7 Å². The molecule has 1 fully saturated rings. The molecule has 150 valence electrons. The maximum atomic E-state index is 12.2. The van der Waals surface area contributed by atoms with Gasteiger partial charge in [0, 0.05) is 44.9 Å².